The van der Waals surface area contributed by atoms with Crippen LogP contribution in [0.15, 0.2) is 11.2 Å². The highest BCUT2D eigenvalue weighted by Crippen LogP contribution is 2.40. The van der Waals surface area contributed by atoms with Crippen LogP contribution in [0.2, 0.25) is 0 Å². The summed E-state index contributed by atoms with van der Waals surface area (Å²) in [6, 6.07) is 1.64. The van der Waals surface area contributed by atoms with Crippen molar-refractivity contribution in [3.05, 3.63) is 6.07 Å². The van der Waals surface area contributed by atoms with Gasteiger partial charge in [0.05, 0.1) is 20.3 Å². The van der Waals surface area contributed by atoms with Gasteiger partial charge in [0.25, 0.3) is 0 Å². The van der Waals surface area contributed by atoms with Crippen molar-refractivity contribution in [3.63, 3.8) is 0 Å². The number of hydrogen-bond donors (Lipinski definition) is 0. The van der Waals surface area contributed by atoms with E-state index in [0.29, 0.717) is 23.3 Å². The van der Waals surface area contributed by atoms with Crippen LogP contribution in [0.5, 0.6) is 11.8 Å². The number of methoxy groups -OCH3 is 2. The lowest BCUT2D eigenvalue weighted by Gasteiger charge is -2.32. The number of thioether (sulfide) groups is 1. The Morgan fingerprint density at radius 3 is 2.30 bits per heavy atom. The number of aldehydes is 1. The van der Waals surface area contributed by atoms with E-state index in [0.717, 1.165) is 12.7 Å². The molecule has 0 aliphatic rings. The van der Waals surface area contributed by atoms with Crippen molar-refractivity contribution in [2.45, 2.75) is 63.3 Å². The first-order chi connectivity index (χ1) is 11.0. The van der Waals surface area contributed by atoms with Crippen molar-refractivity contribution in [1.29, 1.82) is 0 Å². The Bertz CT molecular complexity index is 472. The van der Waals surface area contributed by atoms with Gasteiger partial charge in [-0.2, -0.15) is 9.97 Å². The van der Waals surface area contributed by atoms with Crippen LogP contribution in [-0.4, -0.2) is 35.7 Å². The van der Waals surface area contributed by atoms with E-state index in [9.17, 15) is 4.79 Å². The third kappa shape index (κ3) is 6.37. The zero-order valence-electron chi connectivity index (χ0n) is 14.8. The standard InChI is InChI=1S/C17H28N2O3S/c1-6-7-8-10-17(2,3)13(9-11-20)23-16-18-14(21-4)12-15(19-16)22-5/h11-13H,6-10H2,1-5H3. The van der Waals surface area contributed by atoms with Crippen molar-refractivity contribution >= 4 is 18.0 Å². The molecular weight excluding hydrogens is 312 g/mol. The van der Waals surface area contributed by atoms with Gasteiger partial charge in [0.15, 0.2) is 5.16 Å². The van der Waals surface area contributed by atoms with E-state index >= 15 is 0 Å². The quantitative estimate of drug-likeness (QED) is 0.261. The first-order valence-corrected chi connectivity index (χ1v) is 8.92. The van der Waals surface area contributed by atoms with Gasteiger partial charge in [-0.15, -0.1) is 0 Å². The van der Waals surface area contributed by atoms with E-state index in [4.69, 9.17) is 9.47 Å². The summed E-state index contributed by atoms with van der Waals surface area (Å²) in [6.45, 7) is 6.61. The molecule has 1 atom stereocenters. The van der Waals surface area contributed by atoms with Crippen LogP contribution in [0.3, 0.4) is 0 Å². The fourth-order valence-electron chi connectivity index (χ4n) is 2.38. The number of ether oxygens (including phenoxy) is 2. The Labute approximate surface area is 143 Å². The van der Waals surface area contributed by atoms with Crippen LogP contribution in [0.4, 0.5) is 0 Å². The molecule has 0 aromatic carbocycles. The number of carbonyl (C=O) groups excluding carboxylic acids is 1. The molecule has 130 valence electrons. The molecule has 0 aliphatic heterocycles. The molecule has 1 aromatic rings. The number of carbonyl (C=O) groups is 1. The molecule has 0 amide bonds. The average molecular weight is 340 g/mol. The lowest BCUT2D eigenvalue weighted by Crippen LogP contribution is -2.27. The maximum Gasteiger partial charge on any atom is 0.220 e. The minimum Gasteiger partial charge on any atom is -0.481 e. The molecule has 1 rings (SSSR count). The average Bonchev–Trinajstić information content (AvgIpc) is 2.54. The topological polar surface area (TPSA) is 61.3 Å². The summed E-state index contributed by atoms with van der Waals surface area (Å²) in [5.74, 6) is 0.931. The third-order valence-corrected chi connectivity index (χ3v) is 5.44. The molecule has 6 heteroatoms. The summed E-state index contributed by atoms with van der Waals surface area (Å²) in [4.78, 5) is 19.9. The van der Waals surface area contributed by atoms with Crippen molar-refractivity contribution in [2.75, 3.05) is 14.2 Å². The number of nitrogens with zero attached hydrogens (tertiary/aromatic N) is 2. The first-order valence-electron chi connectivity index (χ1n) is 8.04. The summed E-state index contributed by atoms with van der Waals surface area (Å²) < 4.78 is 10.4. The molecule has 0 aliphatic carbocycles. The minimum atomic E-state index is 0.0282. The predicted molar refractivity (Wildman–Crippen MR) is 93.4 cm³/mol. The molecule has 1 heterocycles. The molecule has 0 radical (unpaired) electrons. The Balaban J connectivity index is 2.92. The number of rotatable bonds is 11. The summed E-state index contributed by atoms with van der Waals surface area (Å²) in [6.07, 6.45) is 6.11. The van der Waals surface area contributed by atoms with Crippen molar-refractivity contribution < 1.29 is 14.3 Å². The van der Waals surface area contributed by atoms with Crippen molar-refractivity contribution in [2.24, 2.45) is 5.41 Å². The lowest BCUT2D eigenvalue weighted by atomic mass is 9.82. The first kappa shape index (κ1) is 19.7. The van der Waals surface area contributed by atoms with Gasteiger partial charge in [-0.05, 0) is 11.8 Å². The van der Waals surface area contributed by atoms with Gasteiger partial charge in [-0.3, -0.25) is 0 Å². The van der Waals surface area contributed by atoms with Gasteiger partial charge >= 0.3 is 0 Å². The zero-order chi connectivity index (χ0) is 17.3. The smallest absolute Gasteiger partial charge is 0.220 e. The molecule has 1 unspecified atom stereocenters. The normalized spacial score (nSPS) is 12.7. The number of unbranched alkanes of at least 4 members (excludes halogenated alkanes) is 2. The fourth-order valence-corrected chi connectivity index (χ4v) is 3.53. The molecule has 0 bridgehead atoms. The number of aromatic nitrogens is 2. The van der Waals surface area contributed by atoms with E-state index in [2.05, 4.69) is 30.7 Å². The maximum absolute atomic E-state index is 11.1. The number of hydrogen-bond acceptors (Lipinski definition) is 6. The van der Waals surface area contributed by atoms with Gasteiger partial charge in [-0.25, -0.2) is 0 Å². The maximum atomic E-state index is 11.1. The fraction of sp³-hybridized carbons (Fsp3) is 0.706. The molecular formula is C17H28N2O3S. The van der Waals surface area contributed by atoms with E-state index in [-0.39, 0.29) is 10.7 Å². The van der Waals surface area contributed by atoms with Crippen LogP contribution in [0, 0.1) is 5.41 Å². The highest BCUT2D eigenvalue weighted by atomic mass is 32.2. The molecule has 0 spiro atoms. The van der Waals surface area contributed by atoms with Crippen LogP contribution >= 0.6 is 11.8 Å². The largest absolute Gasteiger partial charge is 0.481 e. The molecule has 5 nitrogen and oxygen atoms in total. The van der Waals surface area contributed by atoms with Gasteiger partial charge in [0.1, 0.15) is 6.29 Å². The molecule has 0 fully saturated rings. The van der Waals surface area contributed by atoms with Crippen LogP contribution in [-0.2, 0) is 4.79 Å². The Kier molecular flexibility index (Phi) is 8.37. The van der Waals surface area contributed by atoms with E-state index in [1.807, 2.05) is 0 Å². The monoisotopic (exact) mass is 340 g/mol. The third-order valence-electron chi connectivity index (χ3n) is 3.93. The minimum absolute atomic E-state index is 0.0282. The SMILES string of the molecule is CCCCCC(C)(C)C(CC=O)Sc1nc(OC)cc(OC)n1. The zero-order valence-corrected chi connectivity index (χ0v) is 15.6. The highest BCUT2D eigenvalue weighted by Gasteiger charge is 2.30. The lowest BCUT2D eigenvalue weighted by molar-refractivity contribution is -0.108. The molecule has 1 aromatic heterocycles. The molecule has 0 saturated carbocycles. The summed E-state index contributed by atoms with van der Waals surface area (Å²) in [5.41, 5.74) is 0.0282. The van der Waals surface area contributed by atoms with Crippen LogP contribution in [0.25, 0.3) is 0 Å². The van der Waals surface area contributed by atoms with E-state index < -0.39 is 0 Å². The van der Waals surface area contributed by atoms with Gasteiger partial charge < -0.3 is 14.3 Å². The van der Waals surface area contributed by atoms with Crippen molar-refractivity contribution in [1.82, 2.24) is 9.97 Å². The van der Waals surface area contributed by atoms with E-state index in [1.54, 1.807) is 20.3 Å². The van der Waals surface area contributed by atoms with E-state index in [1.165, 1.54) is 31.0 Å². The second-order valence-electron chi connectivity index (χ2n) is 6.19. The molecule has 0 N–H and O–H groups in total. The Morgan fingerprint density at radius 2 is 1.83 bits per heavy atom. The van der Waals surface area contributed by atoms with Crippen molar-refractivity contribution in [3.8, 4) is 11.8 Å². The summed E-state index contributed by atoms with van der Waals surface area (Å²) in [7, 11) is 3.13. The Morgan fingerprint density at radius 1 is 1.22 bits per heavy atom. The van der Waals surface area contributed by atoms with Gasteiger partial charge in [0, 0.05) is 11.7 Å². The second kappa shape index (κ2) is 9.75. The highest BCUT2D eigenvalue weighted by molar-refractivity contribution is 7.99. The second-order valence-corrected chi connectivity index (χ2v) is 7.36. The van der Waals surface area contributed by atoms with Crippen LogP contribution in [0.1, 0.15) is 52.9 Å². The Hall–Kier alpha value is -1.30. The summed E-state index contributed by atoms with van der Waals surface area (Å²) >= 11 is 1.52. The summed E-state index contributed by atoms with van der Waals surface area (Å²) in [5, 5.41) is 0.699. The molecule has 23 heavy (non-hydrogen) atoms. The van der Waals surface area contributed by atoms with Crippen LogP contribution < -0.4 is 9.47 Å². The van der Waals surface area contributed by atoms with Gasteiger partial charge in [-0.1, -0.05) is 51.8 Å². The molecule has 0 saturated heterocycles. The van der Waals surface area contributed by atoms with Gasteiger partial charge in [0.2, 0.25) is 11.8 Å². The predicted octanol–water partition coefficient (Wildman–Crippen LogP) is 4.15.